The van der Waals surface area contributed by atoms with Gasteiger partial charge in [0.2, 0.25) is 0 Å². The topological polar surface area (TPSA) is 41.6 Å². The molecule has 0 radical (unpaired) electrons. The average Bonchev–Trinajstić information content (AvgIpc) is 2.47. The van der Waals surface area contributed by atoms with E-state index in [-0.39, 0.29) is 12.0 Å². The van der Waals surface area contributed by atoms with Crippen LogP contribution in [0.5, 0.6) is 0 Å². The van der Waals surface area contributed by atoms with E-state index in [4.69, 9.17) is 4.74 Å². The van der Waals surface area contributed by atoms with Gasteiger partial charge in [-0.3, -0.25) is 4.79 Å². The zero-order chi connectivity index (χ0) is 14.8. The second-order valence-electron chi connectivity index (χ2n) is 5.91. The van der Waals surface area contributed by atoms with Gasteiger partial charge in [-0.2, -0.15) is 0 Å². The summed E-state index contributed by atoms with van der Waals surface area (Å²) in [6, 6.07) is 0.596. The van der Waals surface area contributed by atoms with Gasteiger partial charge in [0.25, 0.3) is 0 Å². The summed E-state index contributed by atoms with van der Waals surface area (Å²) in [7, 11) is 1.47. The Morgan fingerprint density at radius 3 is 2.85 bits per heavy atom. The lowest BCUT2D eigenvalue weighted by Gasteiger charge is -2.33. The molecule has 0 bridgehead atoms. The Labute approximate surface area is 124 Å². The van der Waals surface area contributed by atoms with Crippen molar-refractivity contribution < 1.29 is 9.53 Å². The number of hydrogen-bond donors (Lipinski definition) is 1. The molecule has 1 N–H and O–H groups in total. The van der Waals surface area contributed by atoms with E-state index in [1.165, 1.54) is 32.9 Å². The molecule has 1 fully saturated rings. The molecule has 2 unspecified atom stereocenters. The average molecular weight is 284 g/mol. The van der Waals surface area contributed by atoms with Crippen molar-refractivity contribution in [1.82, 2.24) is 10.2 Å². The Hall–Kier alpha value is -0.610. The first-order valence-corrected chi connectivity index (χ1v) is 8.24. The molecule has 4 nitrogen and oxygen atoms in total. The lowest BCUT2D eigenvalue weighted by Crippen LogP contribution is -2.41. The molecule has 0 aromatic heterocycles. The second kappa shape index (κ2) is 10.2. The summed E-state index contributed by atoms with van der Waals surface area (Å²) in [6.07, 6.45) is 8.19. The molecule has 118 valence electrons. The molecular formula is C16H32N2O2. The molecule has 0 aromatic rings. The molecular weight excluding hydrogens is 252 g/mol. The minimum atomic E-state index is -0.126. The van der Waals surface area contributed by atoms with E-state index in [2.05, 4.69) is 24.1 Å². The van der Waals surface area contributed by atoms with Crippen molar-refractivity contribution in [3.8, 4) is 0 Å². The van der Waals surface area contributed by atoms with Gasteiger partial charge >= 0.3 is 5.97 Å². The maximum Gasteiger partial charge on any atom is 0.322 e. The van der Waals surface area contributed by atoms with Crippen LogP contribution in [0.1, 0.15) is 58.8 Å². The monoisotopic (exact) mass is 284 g/mol. The summed E-state index contributed by atoms with van der Waals surface area (Å²) in [5, 5.41) is 3.36. The van der Waals surface area contributed by atoms with Gasteiger partial charge in [-0.1, -0.05) is 26.2 Å². The quantitative estimate of drug-likeness (QED) is 0.522. The number of carbonyl (C=O) groups is 1. The van der Waals surface area contributed by atoms with Gasteiger partial charge < -0.3 is 15.0 Å². The molecule has 20 heavy (non-hydrogen) atoms. The fraction of sp³-hybridized carbons (Fsp3) is 0.938. The highest BCUT2D eigenvalue weighted by molar-refractivity contribution is 5.75. The first-order valence-electron chi connectivity index (χ1n) is 8.24. The van der Waals surface area contributed by atoms with Crippen molar-refractivity contribution in [2.75, 3.05) is 26.7 Å². The molecule has 0 aliphatic carbocycles. The summed E-state index contributed by atoms with van der Waals surface area (Å²) in [4.78, 5) is 14.2. The van der Waals surface area contributed by atoms with E-state index in [1.54, 1.807) is 0 Å². The zero-order valence-corrected chi connectivity index (χ0v) is 13.5. The van der Waals surface area contributed by atoms with Gasteiger partial charge in [0.05, 0.1) is 7.11 Å². The molecule has 0 spiro atoms. The van der Waals surface area contributed by atoms with Crippen molar-refractivity contribution in [3.05, 3.63) is 0 Å². The van der Waals surface area contributed by atoms with Crippen LogP contribution in [0, 0.1) is 0 Å². The number of nitrogens with one attached hydrogen (secondary N) is 1. The Bertz CT molecular complexity index is 271. The normalized spacial score (nSPS) is 21.6. The first-order chi connectivity index (χ1) is 9.69. The highest BCUT2D eigenvalue weighted by Crippen LogP contribution is 2.16. The SMILES string of the molecule is CCCCC(NCCCN1CCCCC1C)C(=O)OC. The van der Waals surface area contributed by atoms with Crippen LogP contribution >= 0.6 is 0 Å². The third kappa shape index (κ3) is 6.23. The summed E-state index contributed by atoms with van der Waals surface area (Å²) in [6.45, 7) is 7.73. The molecule has 2 atom stereocenters. The predicted octanol–water partition coefficient (Wildman–Crippen LogP) is 2.57. The van der Waals surface area contributed by atoms with Crippen molar-refractivity contribution in [2.45, 2.75) is 70.9 Å². The van der Waals surface area contributed by atoms with Crippen LogP contribution in [0.25, 0.3) is 0 Å². The van der Waals surface area contributed by atoms with Gasteiger partial charge in [-0.25, -0.2) is 0 Å². The van der Waals surface area contributed by atoms with E-state index in [0.717, 1.165) is 44.8 Å². The predicted molar refractivity (Wildman–Crippen MR) is 82.8 cm³/mol. The first kappa shape index (κ1) is 17.4. The number of rotatable bonds is 9. The Morgan fingerprint density at radius 2 is 2.20 bits per heavy atom. The van der Waals surface area contributed by atoms with Crippen LogP contribution in [0.2, 0.25) is 0 Å². The second-order valence-corrected chi connectivity index (χ2v) is 5.91. The van der Waals surface area contributed by atoms with Crippen LogP contribution in [-0.4, -0.2) is 49.7 Å². The minimum absolute atomic E-state index is 0.121. The number of likely N-dealkylation sites (tertiary alicyclic amines) is 1. The van der Waals surface area contributed by atoms with Crippen molar-refractivity contribution in [1.29, 1.82) is 0 Å². The van der Waals surface area contributed by atoms with Crippen LogP contribution in [-0.2, 0) is 9.53 Å². The smallest absolute Gasteiger partial charge is 0.322 e. The molecule has 1 saturated heterocycles. The van der Waals surface area contributed by atoms with Gasteiger partial charge in [-0.15, -0.1) is 0 Å². The van der Waals surface area contributed by atoms with Crippen molar-refractivity contribution >= 4 is 5.97 Å². The number of esters is 1. The summed E-state index contributed by atoms with van der Waals surface area (Å²) in [5.41, 5.74) is 0. The van der Waals surface area contributed by atoms with Gasteiger partial charge in [0.15, 0.2) is 0 Å². The van der Waals surface area contributed by atoms with Gasteiger partial charge in [0, 0.05) is 6.04 Å². The van der Waals surface area contributed by atoms with E-state index in [0.29, 0.717) is 0 Å². The van der Waals surface area contributed by atoms with Crippen molar-refractivity contribution in [3.63, 3.8) is 0 Å². The lowest BCUT2D eigenvalue weighted by atomic mass is 10.0. The number of methoxy groups -OCH3 is 1. The Kier molecular flexibility index (Phi) is 8.86. The number of piperidine rings is 1. The minimum Gasteiger partial charge on any atom is -0.468 e. The number of carbonyl (C=O) groups excluding carboxylic acids is 1. The van der Waals surface area contributed by atoms with Gasteiger partial charge in [-0.05, 0) is 52.2 Å². The van der Waals surface area contributed by atoms with E-state index in [9.17, 15) is 4.79 Å². The fourth-order valence-electron chi connectivity index (χ4n) is 2.90. The third-order valence-corrected chi connectivity index (χ3v) is 4.29. The van der Waals surface area contributed by atoms with Crippen LogP contribution < -0.4 is 5.32 Å². The largest absolute Gasteiger partial charge is 0.468 e. The molecule has 0 saturated carbocycles. The fourth-order valence-corrected chi connectivity index (χ4v) is 2.90. The molecule has 1 heterocycles. The van der Waals surface area contributed by atoms with Gasteiger partial charge in [0.1, 0.15) is 6.04 Å². The molecule has 0 amide bonds. The number of ether oxygens (including phenoxy) is 1. The Balaban J connectivity index is 2.20. The molecule has 1 rings (SSSR count). The Morgan fingerprint density at radius 1 is 1.40 bits per heavy atom. The maximum atomic E-state index is 11.7. The zero-order valence-electron chi connectivity index (χ0n) is 13.5. The van der Waals surface area contributed by atoms with Crippen LogP contribution in [0.4, 0.5) is 0 Å². The summed E-state index contributed by atoms with van der Waals surface area (Å²) >= 11 is 0. The van der Waals surface area contributed by atoms with E-state index in [1.807, 2.05) is 0 Å². The summed E-state index contributed by atoms with van der Waals surface area (Å²) in [5.74, 6) is -0.121. The lowest BCUT2D eigenvalue weighted by molar-refractivity contribution is -0.143. The summed E-state index contributed by atoms with van der Waals surface area (Å²) < 4.78 is 4.86. The van der Waals surface area contributed by atoms with Crippen LogP contribution in [0.15, 0.2) is 0 Å². The molecule has 4 heteroatoms. The molecule has 1 aliphatic rings. The highest BCUT2D eigenvalue weighted by atomic mass is 16.5. The van der Waals surface area contributed by atoms with E-state index < -0.39 is 0 Å². The third-order valence-electron chi connectivity index (χ3n) is 4.29. The molecule has 1 aliphatic heterocycles. The number of nitrogens with zero attached hydrogens (tertiary/aromatic N) is 1. The number of hydrogen-bond acceptors (Lipinski definition) is 4. The van der Waals surface area contributed by atoms with Crippen molar-refractivity contribution in [2.24, 2.45) is 0 Å². The highest BCUT2D eigenvalue weighted by Gasteiger charge is 2.19. The molecule has 0 aromatic carbocycles. The standard InChI is InChI=1S/C16H32N2O2/c1-4-5-10-15(16(19)20-3)17-11-8-13-18-12-7-6-9-14(18)2/h14-15,17H,4-13H2,1-3H3. The number of unbranched alkanes of at least 4 members (excludes halogenated alkanes) is 1. The van der Waals surface area contributed by atoms with E-state index >= 15 is 0 Å². The van der Waals surface area contributed by atoms with Crippen LogP contribution in [0.3, 0.4) is 0 Å². The maximum absolute atomic E-state index is 11.7.